The lowest BCUT2D eigenvalue weighted by molar-refractivity contribution is -0.119. The highest BCUT2D eigenvalue weighted by atomic mass is 32.1. The molecule has 0 spiro atoms. The summed E-state index contributed by atoms with van der Waals surface area (Å²) in [5, 5.41) is 18.1. The summed E-state index contributed by atoms with van der Waals surface area (Å²) in [4.78, 5) is 27.4. The van der Waals surface area contributed by atoms with Crippen LogP contribution >= 0.6 is 11.3 Å². The molecule has 1 aliphatic carbocycles. The Balaban J connectivity index is 1.57. The van der Waals surface area contributed by atoms with Crippen LogP contribution in [0, 0.1) is 25.2 Å². The highest BCUT2D eigenvalue weighted by Gasteiger charge is 2.31. The van der Waals surface area contributed by atoms with Gasteiger partial charge in [0.1, 0.15) is 11.1 Å². The van der Waals surface area contributed by atoms with Gasteiger partial charge in [0.2, 0.25) is 11.8 Å². The topological polar surface area (TPSA) is 85.2 Å². The number of para-hydroxylation sites is 1. The van der Waals surface area contributed by atoms with Crippen LogP contribution in [0.2, 0.25) is 0 Å². The smallest absolute Gasteiger partial charge is 0.238 e. The fourth-order valence-corrected chi connectivity index (χ4v) is 4.91. The Kier molecular flexibility index (Phi) is 7.37. The molecular formula is C25H32N4O2S. The second kappa shape index (κ2) is 9.85. The number of hydrogen-bond donors (Lipinski definition) is 2. The standard InChI is InChI=1S/C25H32N4O2S/c1-16-7-6-8-17(2)23(16)27-22(31)14-29(18-9-10-18)12-11-21(30)28-24-19(13-26)20(15-32-24)25(3,4)5/h6-8,15,18H,9-12,14H2,1-5H3,(H,27,31)(H,28,30). The average Bonchev–Trinajstić information content (AvgIpc) is 3.47. The zero-order valence-corrected chi connectivity index (χ0v) is 20.4. The van der Waals surface area contributed by atoms with Gasteiger partial charge in [-0.25, -0.2) is 0 Å². The molecule has 1 aromatic carbocycles. The van der Waals surface area contributed by atoms with Crippen LogP contribution in [-0.4, -0.2) is 35.8 Å². The Morgan fingerprint density at radius 3 is 2.38 bits per heavy atom. The van der Waals surface area contributed by atoms with Crippen molar-refractivity contribution in [1.29, 1.82) is 5.26 Å². The number of nitrogens with zero attached hydrogens (tertiary/aromatic N) is 2. The Labute approximate surface area is 194 Å². The summed E-state index contributed by atoms with van der Waals surface area (Å²) in [5.41, 5.74) is 4.27. The summed E-state index contributed by atoms with van der Waals surface area (Å²) in [6.45, 7) is 10.9. The van der Waals surface area contributed by atoms with Gasteiger partial charge in [-0.1, -0.05) is 39.0 Å². The maximum Gasteiger partial charge on any atom is 0.238 e. The van der Waals surface area contributed by atoms with Crippen molar-refractivity contribution in [3.8, 4) is 6.07 Å². The van der Waals surface area contributed by atoms with Crippen molar-refractivity contribution in [2.75, 3.05) is 23.7 Å². The van der Waals surface area contributed by atoms with Gasteiger partial charge in [-0.2, -0.15) is 5.26 Å². The van der Waals surface area contributed by atoms with Crippen molar-refractivity contribution < 1.29 is 9.59 Å². The molecule has 0 unspecified atom stereocenters. The quantitative estimate of drug-likeness (QED) is 0.592. The lowest BCUT2D eigenvalue weighted by Gasteiger charge is -2.22. The van der Waals surface area contributed by atoms with Crippen LogP contribution in [0.25, 0.3) is 0 Å². The SMILES string of the molecule is Cc1cccc(C)c1NC(=O)CN(CCC(=O)Nc1scc(C(C)(C)C)c1C#N)C1CC1. The number of hydrogen-bond acceptors (Lipinski definition) is 5. The van der Waals surface area contributed by atoms with Gasteiger partial charge < -0.3 is 10.6 Å². The van der Waals surface area contributed by atoms with E-state index in [2.05, 4.69) is 42.4 Å². The molecule has 0 atom stereocenters. The second-order valence-corrected chi connectivity index (χ2v) is 10.4. The number of carbonyl (C=O) groups excluding carboxylic acids is 2. The van der Waals surface area contributed by atoms with Crippen LogP contribution in [0.4, 0.5) is 10.7 Å². The number of anilines is 2. The van der Waals surface area contributed by atoms with E-state index in [4.69, 9.17) is 0 Å². The number of aryl methyl sites for hydroxylation is 2. The van der Waals surface area contributed by atoms with Crippen molar-refractivity contribution in [3.05, 3.63) is 45.8 Å². The van der Waals surface area contributed by atoms with Gasteiger partial charge in [-0.05, 0) is 54.2 Å². The minimum absolute atomic E-state index is 0.0606. The van der Waals surface area contributed by atoms with E-state index in [0.717, 1.165) is 35.2 Å². The third-order valence-corrected chi connectivity index (χ3v) is 6.64. The number of nitriles is 1. The molecule has 1 aliphatic rings. The summed E-state index contributed by atoms with van der Waals surface area (Å²) in [5.74, 6) is -0.195. The molecule has 2 aromatic rings. The van der Waals surface area contributed by atoms with Gasteiger partial charge in [0.05, 0.1) is 12.1 Å². The number of nitrogens with one attached hydrogen (secondary N) is 2. The van der Waals surface area contributed by atoms with Crippen LogP contribution in [-0.2, 0) is 15.0 Å². The van der Waals surface area contributed by atoms with Crippen LogP contribution in [0.1, 0.15) is 62.3 Å². The molecule has 2 amide bonds. The molecule has 7 heteroatoms. The predicted octanol–water partition coefficient (Wildman–Crippen LogP) is 4.97. The van der Waals surface area contributed by atoms with E-state index in [9.17, 15) is 14.9 Å². The first-order chi connectivity index (χ1) is 15.1. The Morgan fingerprint density at radius 2 is 1.81 bits per heavy atom. The molecule has 1 fully saturated rings. The molecule has 0 radical (unpaired) electrons. The fraction of sp³-hybridized carbons (Fsp3) is 0.480. The monoisotopic (exact) mass is 452 g/mol. The summed E-state index contributed by atoms with van der Waals surface area (Å²) < 4.78 is 0. The van der Waals surface area contributed by atoms with Gasteiger partial charge in [0.25, 0.3) is 0 Å². The van der Waals surface area contributed by atoms with Gasteiger partial charge >= 0.3 is 0 Å². The third-order valence-electron chi connectivity index (χ3n) is 5.75. The molecule has 32 heavy (non-hydrogen) atoms. The number of rotatable bonds is 8. The van der Waals surface area contributed by atoms with Gasteiger partial charge in [0, 0.05) is 24.7 Å². The molecule has 0 saturated heterocycles. The highest BCUT2D eigenvalue weighted by Crippen LogP contribution is 2.35. The molecule has 3 rings (SSSR count). The number of thiophene rings is 1. The zero-order chi connectivity index (χ0) is 23.5. The van der Waals surface area contributed by atoms with Crippen LogP contribution in [0.5, 0.6) is 0 Å². The number of carbonyl (C=O) groups is 2. The van der Waals surface area contributed by atoms with Crippen molar-refractivity contribution in [2.45, 2.75) is 65.3 Å². The summed E-state index contributed by atoms with van der Waals surface area (Å²) in [6, 6.07) is 8.54. The molecule has 0 bridgehead atoms. The van der Waals surface area contributed by atoms with Crippen LogP contribution in [0.3, 0.4) is 0 Å². The van der Waals surface area contributed by atoms with Crippen LogP contribution < -0.4 is 10.6 Å². The largest absolute Gasteiger partial charge is 0.324 e. The average molecular weight is 453 g/mol. The van der Waals surface area contributed by atoms with E-state index in [-0.39, 0.29) is 30.2 Å². The van der Waals surface area contributed by atoms with Crippen molar-refractivity contribution in [1.82, 2.24) is 4.90 Å². The highest BCUT2D eigenvalue weighted by molar-refractivity contribution is 7.14. The van der Waals surface area contributed by atoms with E-state index >= 15 is 0 Å². The van der Waals surface area contributed by atoms with Gasteiger partial charge in [-0.15, -0.1) is 11.3 Å². The molecule has 1 saturated carbocycles. The molecule has 0 aliphatic heterocycles. The first kappa shape index (κ1) is 24.0. The van der Waals surface area contributed by atoms with E-state index in [1.165, 1.54) is 11.3 Å². The maximum absolute atomic E-state index is 12.7. The predicted molar refractivity (Wildman–Crippen MR) is 130 cm³/mol. The lowest BCUT2D eigenvalue weighted by Crippen LogP contribution is -2.37. The minimum Gasteiger partial charge on any atom is -0.324 e. The lowest BCUT2D eigenvalue weighted by atomic mass is 9.86. The summed E-state index contributed by atoms with van der Waals surface area (Å²) >= 11 is 1.39. The zero-order valence-electron chi connectivity index (χ0n) is 19.5. The van der Waals surface area contributed by atoms with Crippen molar-refractivity contribution in [3.63, 3.8) is 0 Å². The first-order valence-electron chi connectivity index (χ1n) is 11.0. The van der Waals surface area contributed by atoms with Crippen LogP contribution in [0.15, 0.2) is 23.6 Å². The molecule has 2 N–H and O–H groups in total. The van der Waals surface area contributed by atoms with E-state index in [0.29, 0.717) is 23.2 Å². The maximum atomic E-state index is 12.7. The molecule has 6 nitrogen and oxygen atoms in total. The normalized spacial score (nSPS) is 13.7. The Hall–Kier alpha value is -2.69. The van der Waals surface area contributed by atoms with E-state index < -0.39 is 0 Å². The second-order valence-electron chi connectivity index (χ2n) is 9.53. The number of amides is 2. The molecule has 1 aromatic heterocycles. The molecular weight excluding hydrogens is 420 g/mol. The Bertz CT molecular complexity index is 1020. The molecule has 1 heterocycles. The summed E-state index contributed by atoms with van der Waals surface area (Å²) in [7, 11) is 0. The van der Waals surface area contributed by atoms with Gasteiger partial charge in [-0.3, -0.25) is 14.5 Å². The van der Waals surface area contributed by atoms with Crippen molar-refractivity contribution >= 4 is 33.8 Å². The first-order valence-corrected chi connectivity index (χ1v) is 11.9. The summed E-state index contributed by atoms with van der Waals surface area (Å²) in [6.07, 6.45) is 2.38. The molecule has 170 valence electrons. The number of benzene rings is 1. The Morgan fingerprint density at radius 1 is 1.16 bits per heavy atom. The van der Waals surface area contributed by atoms with E-state index in [1.54, 1.807) is 0 Å². The van der Waals surface area contributed by atoms with Gasteiger partial charge in [0.15, 0.2) is 0 Å². The van der Waals surface area contributed by atoms with E-state index in [1.807, 2.05) is 37.4 Å². The minimum atomic E-state index is -0.157. The fourth-order valence-electron chi connectivity index (χ4n) is 3.75. The van der Waals surface area contributed by atoms with Crippen molar-refractivity contribution in [2.24, 2.45) is 0 Å². The third kappa shape index (κ3) is 5.96.